The molecule has 2 heterocycles. The summed E-state index contributed by atoms with van der Waals surface area (Å²) in [4.78, 5) is 26.0. The minimum atomic E-state index is -1.65. The molecule has 1 saturated heterocycles. The molecule has 0 aliphatic carbocycles. The first-order chi connectivity index (χ1) is 12.9. The molecule has 2 aliphatic heterocycles. The Morgan fingerprint density at radius 1 is 1.00 bits per heavy atom. The van der Waals surface area contributed by atoms with Gasteiger partial charge in [0.25, 0.3) is 5.91 Å². The van der Waals surface area contributed by atoms with Gasteiger partial charge in [0.2, 0.25) is 12.7 Å². The zero-order valence-corrected chi connectivity index (χ0v) is 13.8. The van der Waals surface area contributed by atoms with Gasteiger partial charge in [-0.3, -0.25) is 9.59 Å². The smallest absolute Gasteiger partial charge is 0.254 e. The van der Waals surface area contributed by atoms with E-state index in [2.05, 4.69) is 5.32 Å². The average molecular weight is 378 g/mol. The Morgan fingerprint density at radius 3 is 2.52 bits per heavy atom. The van der Waals surface area contributed by atoms with Crippen LogP contribution >= 0.6 is 0 Å². The molecule has 1 fully saturated rings. The van der Waals surface area contributed by atoms with Gasteiger partial charge >= 0.3 is 0 Å². The van der Waals surface area contributed by atoms with Crippen LogP contribution in [0.15, 0.2) is 30.3 Å². The van der Waals surface area contributed by atoms with E-state index in [-0.39, 0.29) is 25.8 Å². The van der Waals surface area contributed by atoms with Crippen LogP contribution in [0.25, 0.3) is 0 Å². The molecule has 0 aromatic heterocycles. The summed E-state index contributed by atoms with van der Waals surface area (Å²) in [6, 6.07) is 6.46. The molecule has 0 spiro atoms. The highest BCUT2D eigenvalue weighted by Crippen LogP contribution is 2.33. The van der Waals surface area contributed by atoms with Crippen molar-refractivity contribution in [1.82, 2.24) is 4.90 Å². The minimum absolute atomic E-state index is 0.0967. The number of likely N-dealkylation sites (tertiary alicyclic amines) is 1. The quantitative estimate of drug-likeness (QED) is 0.834. The lowest BCUT2D eigenvalue weighted by Gasteiger charge is -2.38. The zero-order valence-electron chi connectivity index (χ0n) is 13.8. The summed E-state index contributed by atoms with van der Waals surface area (Å²) in [5, 5.41) is 2.22. The summed E-state index contributed by atoms with van der Waals surface area (Å²) in [7, 11) is 0. The number of nitrogens with zero attached hydrogens (tertiary/aromatic N) is 1. The van der Waals surface area contributed by atoms with E-state index < -0.39 is 35.0 Å². The first kappa shape index (κ1) is 17.2. The Balaban J connectivity index is 1.37. The van der Waals surface area contributed by atoms with Crippen LogP contribution in [-0.4, -0.2) is 36.6 Å². The van der Waals surface area contributed by atoms with Gasteiger partial charge < -0.3 is 19.7 Å². The number of rotatable bonds is 3. The summed E-state index contributed by atoms with van der Waals surface area (Å²) >= 11 is 0. The molecule has 2 amide bonds. The lowest BCUT2D eigenvalue weighted by Crippen LogP contribution is -2.54. The molecule has 140 valence electrons. The summed E-state index contributed by atoms with van der Waals surface area (Å²) in [6.45, 7) is 0.355. The SMILES string of the molecule is O=C(Nc1ccc(F)c(F)c1F)C1CN(C(=O)c2ccc3c(c2)OCO3)C1. The van der Waals surface area contributed by atoms with Crippen molar-refractivity contribution in [2.45, 2.75) is 0 Å². The molecule has 0 bridgehead atoms. The van der Waals surface area contributed by atoms with Crippen molar-refractivity contribution < 1.29 is 32.2 Å². The predicted molar refractivity (Wildman–Crippen MR) is 86.9 cm³/mol. The van der Waals surface area contributed by atoms with E-state index in [1.165, 1.54) is 4.90 Å². The van der Waals surface area contributed by atoms with Crippen molar-refractivity contribution in [3.05, 3.63) is 53.3 Å². The van der Waals surface area contributed by atoms with E-state index in [1.54, 1.807) is 18.2 Å². The van der Waals surface area contributed by atoms with Gasteiger partial charge in [-0.2, -0.15) is 0 Å². The molecular formula is C18H13F3N2O4. The third kappa shape index (κ3) is 3.05. The maximum Gasteiger partial charge on any atom is 0.254 e. The monoisotopic (exact) mass is 378 g/mol. The van der Waals surface area contributed by atoms with Gasteiger partial charge in [0, 0.05) is 18.7 Å². The number of carbonyl (C=O) groups is 2. The van der Waals surface area contributed by atoms with Crippen molar-refractivity contribution in [3.63, 3.8) is 0 Å². The van der Waals surface area contributed by atoms with Gasteiger partial charge in [-0.1, -0.05) is 0 Å². The molecule has 6 nitrogen and oxygen atoms in total. The maximum atomic E-state index is 13.6. The summed E-state index contributed by atoms with van der Waals surface area (Å²) in [6.07, 6.45) is 0. The van der Waals surface area contributed by atoms with Crippen molar-refractivity contribution in [2.24, 2.45) is 5.92 Å². The van der Waals surface area contributed by atoms with Crippen LogP contribution in [0, 0.1) is 23.4 Å². The molecule has 0 radical (unpaired) electrons. The van der Waals surface area contributed by atoms with Crippen LogP contribution < -0.4 is 14.8 Å². The topological polar surface area (TPSA) is 67.9 Å². The largest absolute Gasteiger partial charge is 0.454 e. The summed E-state index contributed by atoms with van der Waals surface area (Å²) in [5.74, 6) is -4.85. The number of anilines is 1. The molecule has 4 rings (SSSR count). The normalized spacial score (nSPS) is 15.4. The fraction of sp³-hybridized carbons (Fsp3) is 0.222. The first-order valence-corrected chi connectivity index (χ1v) is 8.07. The number of nitrogens with one attached hydrogen (secondary N) is 1. The van der Waals surface area contributed by atoms with E-state index in [0.29, 0.717) is 17.1 Å². The predicted octanol–water partition coefficient (Wildman–Crippen LogP) is 2.54. The van der Waals surface area contributed by atoms with Gasteiger partial charge in [-0.15, -0.1) is 0 Å². The van der Waals surface area contributed by atoms with Crippen LogP contribution in [0.4, 0.5) is 18.9 Å². The van der Waals surface area contributed by atoms with Crippen LogP contribution in [-0.2, 0) is 4.79 Å². The molecule has 0 atom stereocenters. The number of fused-ring (bicyclic) bond motifs is 1. The molecule has 27 heavy (non-hydrogen) atoms. The van der Waals surface area contributed by atoms with Crippen molar-refractivity contribution in [3.8, 4) is 11.5 Å². The Bertz CT molecular complexity index is 944. The second-order valence-corrected chi connectivity index (χ2v) is 6.19. The van der Waals surface area contributed by atoms with Gasteiger partial charge in [-0.05, 0) is 30.3 Å². The molecule has 0 unspecified atom stereocenters. The molecule has 2 aliphatic rings. The van der Waals surface area contributed by atoms with E-state index in [0.717, 1.165) is 12.1 Å². The summed E-state index contributed by atoms with van der Waals surface area (Å²) in [5.41, 5.74) is -0.0517. The fourth-order valence-electron chi connectivity index (χ4n) is 2.88. The highest BCUT2D eigenvalue weighted by molar-refractivity contribution is 5.99. The van der Waals surface area contributed by atoms with Crippen LogP contribution in [0.3, 0.4) is 0 Å². The van der Waals surface area contributed by atoms with Crippen molar-refractivity contribution >= 4 is 17.5 Å². The molecule has 1 N–H and O–H groups in total. The summed E-state index contributed by atoms with van der Waals surface area (Å²) < 4.78 is 50.2. The van der Waals surface area contributed by atoms with Crippen LogP contribution in [0.5, 0.6) is 11.5 Å². The Hall–Kier alpha value is -3.23. The molecule has 0 saturated carbocycles. The van der Waals surface area contributed by atoms with Gasteiger partial charge in [0.05, 0.1) is 11.6 Å². The fourth-order valence-corrected chi connectivity index (χ4v) is 2.88. The zero-order chi connectivity index (χ0) is 19.1. The van der Waals surface area contributed by atoms with Crippen LogP contribution in [0.2, 0.25) is 0 Å². The first-order valence-electron chi connectivity index (χ1n) is 8.07. The molecular weight excluding hydrogens is 365 g/mol. The highest BCUT2D eigenvalue weighted by Gasteiger charge is 2.36. The van der Waals surface area contributed by atoms with E-state index >= 15 is 0 Å². The highest BCUT2D eigenvalue weighted by atomic mass is 19.2. The van der Waals surface area contributed by atoms with Crippen molar-refractivity contribution in [2.75, 3.05) is 25.2 Å². The van der Waals surface area contributed by atoms with E-state index in [1.807, 2.05) is 0 Å². The van der Waals surface area contributed by atoms with E-state index in [4.69, 9.17) is 9.47 Å². The Kier molecular flexibility index (Phi) is 4.14. The average Bonchev–Trinajstić information content (AvgIpc) is 3.08. The van der Waals surface area contributed by atoms with Crippen LogP contribution in [0.1, 0.15) is 10.4 Å². The number of benzene rings is 2. The number of ether oxygens (including phenoxy) is 2. The number of halogens is 3. The third-order valence-corrected chi connectivity index (χ3v) is 4.45. The number of hydrogen-bond donors (Lipinski definition) is 1. The van der Waals surface area contributed by atoms with E-state index in [9.17, 15) is 22.8 Å². The Labute approximate surface area is 151 Å². The number of amides is 2. The van der Waals surface area contributed by atoms with Crippen molar-refractivity contribution in [1.29, 1.82) is 0 Å². The number of hydrogen-bond acceptors (Lipinski definition) is 4. The standard InChI is InChI=1S/C18H13F3N2O4/c19-11-2-3-12(16(21)15(11)20)22-17(24)10-6-23(7-10)18(25)9-1-4-13-14(5-9)27-8-26-13/h1-5,10H,6-8H2,(H,22,24). The van der Waals surface area contributed by atoms with Gasteiger partial charge in [-0.25, -0.2) is 13.2 Å². The lowest BCUT2D eigenvalue weighted by molar-refractivity contribution is -0.123. The number of carbonyl (C=O) groups excluding carboxylic acids is 2. The minimum Gasteiger partial charge on any atom is -0.454 e. The molecule has 9 heteroatoms. The second kappa shape index (κ2) is 6.49. The van der Waals surface area contributed by atoms with Gasteiger partial charge in [0.15, 0.2) is 29.0 Å². The maximum absolute atomic E-state index is 13.6. The molecule has 2 aromatic carbocycles. The van der Waals surface area contributed by atoms with Gasteiger partial charge in [0.1, 0.15) is 0 Å². The molecule has 2 aromatic rings. The second-order valence-electron chi connectivity index (χ2n) is 6.19. The lowest BCUT2D eigenvalue weighted by atomic mass is 9.97. The Morgan fingerprint density at radius 2 is 1.74 bits per heavy atom. The third-order valence-electron chi connectivity index (χ3n) is 4.45.